The lowest BCUT2D eigenvalue weighted by molar-refractivity contribution is -0.115. The number of amidine groups is 1. The molecule has 0 bridgehead atoms. The van der Waals surface area contributed by atoms with Gasteiger partial charge in [-0.15, -0.1) is 0 Å². The van der Waals surface area contributed by atoms with Gasteiger partial charge < -0.3 is 5.32 Å². The molecular formula is C24H16N4OS. The number of nitrogens with zero attached hydrogens (tertiary/aromatic N) is 3. The molecule has 0 aliphatic carbocycles. The molecule has 1 fully saturated rings. The number of thioether (sulfide) groups is 1. The van der Waals surface area contributed by atoms with E-state index >= 15 is 0 Å². The highest BCUT2D eigenvalue weighted by atomic mass is 32.2. The Morgan fingerprint density at radius 3 is 2.70 bits per heavy atom. The van der Waals surface area contributed by atoms with Crippen molar-refractivity contribution >= 4 is 45.5 Å². The first-order valence-electron chi connectivity index (χ1n) is 9.40. The molecule has 1 aliphatic heterocycles. The van der Waals surface area contributed by atoms with E-state index in [1.165, 1.54) is 11.8 Å². The molecule has 6 heteroatoms. The van der Waals surface area contributed by atoms with E-state index in [9.17, 15) is 4.79 Å². The van der Waals surface area contributed by atoms with Gasteiger partial charge in [0.15, 0.2) is 5.17 Å². The van der Waals surface area contributed by atoms with Gasteiger partial charge >= 0.3 is 0 Å². The minimum absolute atomic E-state index is 0.147. The molecule has 4 aromatic rings. The highest BCUT2D eigenvalue weighted by molar-refractivity contribution is 8.18. The van der Waals surface area contributed by atoms with Crippen LogP contribution in [0.4, 0.5) is 5.69 Å². The molecule has 0 unspecified atom stereocenters. The van der Waals surface area contributed by atoms with Crippen molar-refractivity contribution in [3.8, 4) is 11.1 Å². The van der Waals surface area contributed by atoms with Crippen molar-refractivity contribution in [2.24, 2.45) is 4.99 Å². The molecule has 1 saturated heterocycles. The zero-order valence-corrected chi connectivity index (χ0v) is 16.6. The summed E-state index contributed by atoms with van der Waals surface area (Å²) >= 11 is 1.34. The molecule has 5 nitrogen and oxygen atoms in total. The number of para-hydroxylation sites is 1. The number of benzene rings is 2. The first-order chi connectivity index (χ1) is 14.8. The Morgan fingerprint density at radius 1 is 0.933 bits per heavy atom. The summed E-state index contributed by atoms with van der Waals surface area (Å²) in [5, 5.41) is 4.47. The fourth-order valence-corrected chi connectivity index (χ4v) is 4.11. The summed E-state index contributed by atoms with van der Waals surface area (Å²) in [6.45, 7) is 0. The molecule has 0 radical (unpaired) electrons. The van der Waals surface area contributed by atoms with Crippen molar-refractivity contribution in [1.29, 1.82) is 0 Å². The number of hydrogen-bond acceptors (Lipinski definition) is 5. The normalized spacial score (nSPS) is 16.3. The van der Waals surface area contributed by atoms with E-state index in [0.717, 1.165) is 33.3 Å². The Hall–Kier alpha value is -3.77. The van der Waals surface area contributed by atoms with Gasteiger partial charge in [0.05, 0.1) is 16.1 Å². The van der Waals surface area contributed by atoms with Gasteiger partial charge in [-0.2, -0.15) is 0 Å². The van der Waals surface area contributed by atoms with E-state index in [4.69, 9.17) is 4.99 Å². The summed E-state index contributed by atoms with van der Waals surface area (Å²) in [6.07, 6.45) is 7.16. The van der Waals surface area contributed by atoms with Crippen LogP contribution in [-0.4, -0.2) is 21.0 Å². The van der Waals surface area contributed by atoms with Crippen LogP contribution in [0.2, 0.25) is 0 Å². The zero-order valence-electron chi connectivity index (χ0n) is 15.8. The van der Waals surface area contributed by atoms with Gasteiger partial charge in [-0.25, -0.2) is 4.99 Å². The lowest BCUT2D eigenvalue weighted by atomic mass is 10.1. The summed E-state index contributed by atoms with van der Waals surface area (Å²) in [5.41, 5.74) is 4.69. The number of hydrogen-bond donors (Lipinski definition) is 1. The van der Waals surface area contributed by atoms with E-state index in [2.05, 4.69) is 15.3 Å². The quantitative estimate of drug-likeness (QED) is 0.474. The van der Waals surface area contributed by atoms with Crippen molar-refractivity contribution in [2.75, 3.05) is 0 Å². The number of carbonyl (C=O) groups is 1. The van der Waals surface area contributed by atoms with Crippen LogP contribution >= 0.6 is 11.8 Å². The molecule has 0 atom stereocenters. The Morgan fingerprint density at radius 2 is 1.80 bits per heavy atom. The van der Waals surface area contributed by atoms with Gasteiger partial charge in [0.1, 0.15) is 0 Å². The van der Waals surface area contributed by atoms with Crippen LogP contribution in [0.15, 0.2) is 95.2 Å². The number of nitrogens with one attached hydrogen (secondary N) is 1. The van der Waals surface area contributed by atoms with E-state index in [1.807, 2.05) is 72.8 Å². The third-order valence-corrected chi connectivity index (χ3v) is 5.60. The molecule has 0 saturated carbocycles. The molecule has 0 spiro atoms. The molecule has 5 rings (SSSR count). The van der Waals surface area contributed by atoms with E-state index < -0.39 is 0 Å². The smallest absolute Gasteiger partial charge is 0.264 e. The average molecular weight is 408 g/mol. The third-order valence-electron chi connectivity index (χ3n) is 4.69. The Labute approximate surface area is 177 Å². The number of fused-ring (bicyclic) bond motifs is 1. The molecule has 1 amide bonds. The molecule has 2 aromatic carbocycles. The van der Waals surface area contributed by atoms with Gasteiger partial charge in [0.25, 0.3) is 5.91 Å². The summed E-state index contributed by atoms with van der Waals surface area (Å²) in [4.78, 5) is 26.2. The zero-order chi connectivity index (χ0) is 20.3. The first kappa shape index (κ1) is 18.3. The molecule has 30 heavy (non-hydrogen) atoms. The van der Waals surface area contributed by atoms with Crippen LogP contribution in [0.25, 0.3) is 28.1 Å². The lowest BCUT2D eigenvalue weighted by Gasteiger charge is -2.06. The number of aromatic nitrogens is 2. The number of carbonyl (C=O) groups excluding carboxylic acids is 1. The SMILES string of the molecule is O=C1NC(=Nc2ccccc2-c2ccncc2)S/C1=C\c1ccc2ncccc2c1. The number of aliphatic imine (C=N–C) groups is 1. The van der Waals surface area contributed by atoms with Crippen LogP contribution in [0.3, 0.4) is 0 Å². The standard InChI is InChI=1S/C24H16N4OS/c29-23-22(15-16-7-8-20-18(14-16)4-3-11-26-20)30-24(28-23)27-21-6-2-1-5-19(21)17-9-12-25-13-10-17/h1-15H,(H,27,28,29)/b22-15-. The fourth-order valence-electron chi connectivity index (χ4n) is 3.27. The number of amides is 1. The maximum atomic E-state index is 12.5. The minimum Gasteiger partial charge on any atom is -0.300 e. The largest absolute Gasteiger partial charge is 0.300 e. The van der Waals surface area contributed by atoms with Crippen LogP contribution in [0.1, 0.15) is 5.56 Å². The predicted molar refractivity (Wildman–Crippen MR) is 122 cm³/mol. The van der Waals surface area contributed by atoms with Gasteiger partial charge in [0.2, 0.25) is 0 Å². The maximum absolute atomic E-state index is 12.5. The third kappa shape index (κ3) is 3.73. The van der Waals surface area contributed by atoms with E-state index in [-0.39, 0.29) is 5.91 Å². The summed E-state index contributed by atoms with van der Waals surface area (Å²) in [7, 11) is 0. The molecular weight excluding hydrogens is 392 g/mol. The van der Waals surface area contributed by atoms with Crippen LogP contribution < -0.4 is 5.32 Å². The first-order valence-corrected chi connectivity index (χ1v) is 10.2. The van der Waals surface area contributed by atoms with Crippen LogP contribution in [0.5, 0.6) is 0 Å². The van der Waals surface area contributed by atoms with Gasteiger partial charge in [-0.1, -0.05) is 30.3 Å². The molecule has 2 aromatic heterocycles. The fraction of sp³-hybridized carbons (Fsp3) is 0. The Balaban J connectivity index is 1.45. The van der Waals surface area contributed by atoms with Crippen molar-refractivity contribution in [1.82, 2.24) is 15.3 Å². The second-order valence-corrected chi connectivity index (χ2v) is 7.72. The van der Waals surface area contributed by atoms with Gasteiger partial charge in [-0.3, -0.25) is 14.8 Å². The highest BCUT2D eigenvalue weighted by Gasteiger charge is 2.24. The number of pyridine rings is 2. The van der Waals surface area contributed by atoms with Crippen LogP contribution in [-0.2, 0) is 4.79 Å². The molecule has 3 heterocycles. The highest BCUT2D eigenvalue weighted by Crippen LogP contribution is 2.33. The van der Waals surface area contributed by atoms with Crippen molar-refractivity contribution < 1.29 is 4.79 Å². The van der Waals surface area contributed by atoms with Crippen molar-refractivity contribution in [3.05, 3.63) is 95.8 Å². The Kier molecular flexibility index (Phi) is 4.83. The average Bonchev–Trinajstić information content (AvgIpc) is 3.13. The maximum Gasteiger partial charge on any atom is 0.264 e. The summed E-state index contributed by atoms with van der Waals surface area (Å²) in [6, 6.07) is 21.6. The van der Waals surface area contributed by atoms with Crippen molar-refractivity contribution in [3.63, 3.8) is 0 Å². The summed E-state index contributed by atoms with van der Waals surface area (Å²) < 4.78 is 0. The predicted octanol–water partition coefficient (Wildman–Crippen LogP) is 5.19. The second-order valence-electron chi connectivity index (χ2n) is 6.69. The topological polar surface area (TPSA) is 67.2 Å². The molecule has 144 valence electrons. The lowest BCUT2D eigenvalue weighted by Crippen LogP contribution is -2.19. The van der Waals surface area contributed by atoms with Gasteiger partial charge in [0, 0.05) is 29.5 Å². The Bertz CT molecular complexity index is 1320. The van der Waals surface area contributed by atoms with E-state index in [0.29, 0.717) is 10.1 Å². The molecule has 1 aliphatic rings. The van der Waals surface area contributed by atoms with E-state index in [1.54, 1.807) is 18.6 Å². The summed E-state index contributed by atoms with van der Waals surface area (Å²) in [5.74, 6) is -0.147. The monoisotopic (exact) mass is 408 g/mol. The van der Waals surface area contributed by atoms with Crippen molar-refractivity contribution in [2.45, 2.75) is 0 Å². The number of rotatable bonds is 3. The van der Waals surface area contributed by atoms with Crippen LogP contribution in [0, 0.1) is 0 Å². The van der Waals surface area contributed by atoms with Gasteiger partial charge in [-0.05, 0) is 65.4 Å². The second kappa shape index (κ2) is 7.93. The minimum atomic E-state index is -0.147. The molecule has 1 N–H and O–H groups in total.